The molecule has 0 spiro atoms. The van der Waals surface area contributed by atoms with Gasteiger partial charge in [0.25, 0.3) is 0 Å². The summed E-state index contributed by atoms with van der Waals surface area (Å²) in [5, 5.41) is 0. The number of rotatable bonds is 3. The molecular weight excluding hydrogens is 176 g/mol. The van der Waals surface area contributed by atoms with Gasteiger partial charge in [0.1, 0.15) is 5.69 Å². The molecule has 0 saturated heterocycles. The lowest BCUT2D eigenvalue weighted by Crippen LogP contribution is -2.06. The van der Waals surface area contributed by atoms with Gasteiger partial charge >= 0.3 is 0 Å². The highest BCUT2D eigenvalue weighted by atomic mass is 19.1. The second-order valence-electron chi connectivity index (χ2n) is 2.64. The van der Waals surface area contributed by atoms with Gasteiger partial charge in [-0.1, -0.05) is 6.92 Å². The zero-order valence-electron chi connectivity index (χ0n) is 7.18. The maximum atomic E-state index is 12.9. The minimum absolute atomic E-state index is 0.188. The smallest absolute Gasteiger partial charge is 0.213 e. The zero-order chi connectivity index (χ0) is 9.84. The second-order valence-corrected chi connectivity index (χ2v) is 2.64. The van der Waals surface area contributed by atoms with E-state index in [0.717, 1.165) is 12.1 Å². The fourth-order valence-electron chi connectivity index (χ4n) is 0.959. The van der Waals surface area contributed by atoms with Crippen molar-refractivity contribution in [2.24, 2.45) is 0 Å². The zero-order valence-corrected chi connectivity index (χ0v) is 7.18. The Balaban J connectivity index is 2.99. The Morgan fingerprint density at radius 3 is 2.77 bits per heavy atom. The van der Waals surface area contributed by atoms with E-state index in [4.69, 9.17) is 0 Å². The third-order valence-electron chi connectivity index (χ3n) is 1.55. The number of Topliss-reactive ketones (excluding diaryl/α,β-unsaturated/α-hetero) is 1. The Kier molecular flexibility index (Phi) is 3.06. The van der Waals surface area contributed by atoms with Gasteiger partial charge in [-0.3, -0.25) is 4.79 Å². The Bertz CT molecular complexity index is 325. The van der Waals surface area contributed by atoms with E-state index in [0.29, 0.717) is 6.42 Å². The van der Waals surface area contributed by atoms with Crippen molar-refractivity contribution < 1.29 is 13.6 Å². The van der Waals surface area contributed by atoms with Crippen LogP contribution in [-0.4, -0.2) is 10.8 Å². The fourth-order valence-corrected chi connectivity index (χ4v) is 0.959. The molecule has 0 aliphatic carbocycles. The van der Waals surface area contributed by atoms with Crippen molar-refractivity contribution in [1.29, 1.82) is 0 Å². The quantitative estimate of drug-likeness (QED) is 0.534. The second kappa shape index (κ2) is 4.07. The van der Waals surface area contributed by atoms with E-state index in [-0.39, 0.29) is 6.42 Å². The maximum Gasteiger partial charge on any atom is 0.213 e. The molecule has 0 fully saturated rings. The summed E-state index contributed by atoms with van der Waals surface area (Å²) in [4.78, 5) is 14.3. The summed E-state index contributed by atoms with van der Waals surface area (Å²) < 4.78 is 25.4. The van der Waals surface area contributed by atoms with Gasteiger partial charge in [0.05, 0.1) is 0 Å². The molecule has 70 valence electrons. The van der Waals surface area contributed by atoms with Crippen molar-refractivity contribution in [1.82, 2.24) is 4.98 Å². The molecule has 1 aromatic heterocycles. The van der Waals surface area contributed by atoms with Crippen LogP contribution >= 0.6 is 0 Å². The first-order chi connectivity index (χ1) is 6.15. The summed E-state index contributed by atoms with van der Waals surface area (Å²) in [7, 11) is 0. The highest BCUT2D eigenvalue weighted by molar-refractivity contribution is 5.94. The fraction of sp³-hybridized carbons (Fsp3) is 0.333. The number of halogens is 2. The monoisotopic (exact) mass is 185 g/mol. The number of carbonyl (C=O) groups excluding carboxylic acids is 1. The highest BCUT2D eigenvalue weighted by Crippen LogP contribution is 2.08. The van der Waals surface area contributed by atoms with Crippen LogP contribution in [0.3, 0.4) is 0 Å². The SMILES string of the molecule is CCCC(=O)c1nc(F)ccc1F. The lowest BCUT2D eigenvalue weighted by atomic mass is 10.1. The summed E-state index contributed by atoms with van der Waals surface area (Å²) in [5.41, 5.74) is -0.401. The molecule has 0 atom stereocenters. The topological polar surface area (TPSA) is 30.0 Å². The number of pyridine rings is 1. The third-order valence-corrected chi connectivity index (χ3v) is 1.55. The van der Waals surface area contributed by atoms with Crippen LogP contribution in [-0.2, 0) is 0 Å². The Morgan fingerprint density at radius 1 is 1.46 bits per heavy atom. The van der Waals surface area contributed by atoms with Crippen molar-refractivity contribution >= 4 is 5.78 Å². The number of ketones is 1. The minimum atomic E-state index is -0.833. The number of hydrogen-bond acceptors (Lipinski definition) is 2. The molecule has 0 aromatic carbocycles. The van der Waals surface area contributed by atoms with Gasteiger partial charge in [-0.25, -0.2) is 9.37 Å². The molecular formula is C9H9F2NO. The van der Waals surface area contributed by atoms with Gasteiger partial charge in [-0.2, -0.15) is 4.39 Å². The largest absolute Gasteiger partial charge is 0.292 e. The van der Waals surface area contributed by atoms with Crippen molar-refractivity contribution in [3.63, 3.8) is 0 Å². The average Bonchev–Trinajstić information content (AvgIpc) is 2.09. The van der Waals surface area contributed by atoms with Crippen LogP contribution in [0.4, 0.5) is 8.78 Å². The number of carbonyl (C=O) groups is 1. The standard InChI is InChI=1S/C9H9F2NO/c1-2-3-7(13)9-6(10)4-5-8(11)12-9/h4-5H,2-3H2,1H3. The van der Waals surface area contributed by atoms with E-state index in [2.05, 4.69) is 4.98 Å². The van der Waals surface area contributed by atoms with Crippen LogP contribution in [0.15, 0.2) is 12.1 Å². The summed E-state index contributed by atoms with van der Waals surface area (Å²) >= 11 is 0. The van der Waals surface area contributed by atoms with E-state index in [1.165, 1.54) is 0 Å². The van der Waals surface area contributed by atoms with Gasteiger partial charge < -0.3 is 0 Å². The van der Waals surface area contributed by atoms with Crippen molar-refractivity contribution in [3.05, 3.63) is 29.6 Å². The third kappa shape index (κ3) is 2.31. The van der Waals surface area contributed by atoms with Crippen LogP contribution in [0, 0.1) is 11.8 Å². The normalized spacial score (nSPS) is 10.1. The lowest BCUT2D eigenvalue weighted by molar-refractivity contribution is 0.0971. The van der Waals surface area contributed by atoms with E-state index < -0.39 is 23.2 Å². The molecule has 1 heterocycles. The van der Waals surface area contributed by atoms with E-state index in [9.17, 15) is 13.6 Å². The Morgan fingerprint density at radius 2 is 2.15 bits per heavy atom. The molecule has 0 aliphatic heterocycles. The summed E-state index contributed by atoms with van der Waals surface area (Å²) in [6.45, 7) is 1.79. The first-order valence-corrected chi connectivity index (χ1v) is 4.00. The number of hydrogen-bond donors (Lipinski definition) is 0. The van der Waals surface area contributed by atoms with Crippen molar-refractivity contribution in [2.75, 3.05) is 0 Å². The molecule has 0 saturated carbocycles. The Hall–Kier alpha value is -1.32. The van der Waals surface area contributed by atoms with Gasteiger partial charge in [0, 0.05) is 6.42 Å². The molecule has 0 bridgehead atoms. The molecule has 0 unspecified atom stereocenters. The first-order valence-electron chi connectivity index (χ1n) is 4.00. The molecule has 13 heavy (non-hydrogen) atoms. The Labute approximate surface area is 74.6 Å². The van der Waals surface area contributed by atoms with E-state index in [1.807, 2.05) is 0 Å². The van der Waals surface area contributed by atoms with E-state index >= 15 is 0 Å². The minimum Gasteiger partial charge on any atom is -0.292 e. The predicted octanol–water partition coefficient (Wildman–Crippen LogP) is 2.34. The first kappa shape index (κ1) is 9.77. The van der Waals surface area contributed by atoms with Crippen LogP contribution in [0.25, 0.3) is 0 Å². The number of nitrogens with zero attached hydrogens (tertiary/aromatic N) is 1. The van der Waals surface area contributed by atoms with Gasteiger partial charge in [-0.05, 0) is 18.6 Å². The lowest BCUT2D eigenvalue weighted by Gasteiger charge is -1.99. The molecule has 0 radical (unpaired) electrons. The maximum absolute atomic E-state index is 12.9. The van der Waals surface area contributed by atoms with Gasteiger partial charge in [0.2, 0.25) is 5.95 Å². The van der Waals surface area contributed by atoms with Crippen LogP contribution < -0.4 is 0 Å². The van der Waals surface area contributed by atoms with Gasteiger partial charge in [0.15, 0.2) is 11.6 Å². The predicted molar refractivity (Wildman–Crippen MR) is 43.4 cm³/mol. The van der Waals surface area contributed by atoms with Crippen molar-refractivity contribution in [2.45, 2.75) is 19.8 Å². The van der Waals surface area contributed by atoms with Crippen molar-refractivity contribution in [3.8, 4) is 0 Å². The average molecular weight is 185 g/mol. The molecule has 0 aliphatic rings. The van der Waals surface area contributed by atoms with Crippen LogP contribution in [0.2, 0.25) is 0 Å². The molecule has 0 N–H and O–H groups in total. The molecule has 1 aromatic rings. The molecule has 0 amide bonds. The van der Waals surface area contributed by atoms with Crippen LogP contribution in [0.1, 0.15) is 30.3 Å². The van der Waals surface area contributed by atoms with E-state index in [1.54, 1.807) is 6.92 Å². The summed E-state index contributed by atoms with van der Waals surface area (Å²) in [6, 6.07) is 1.79. The van der Waals surface area contributed by atoms with Crippen LogP contribution in [0.5, 0.6) is 0 Å². The molecule has 2 nitrogen and oxygen atoms in total. The van der Waals surface area contributed by atoms with Gasteiger partial charge in [-0.15, -0.1) is 0 Å². The summed E-state index contributed by atoms with van der Waals surface area (Å²) in [5.74, 6) is -2.06. The molecule has 4 heteroatoms. The highest BCUT2D eigenvalue weighted by Gasteiger charge is 2.13. The molecule has 1 rings (SSSR count). The number of aromatic nitrogens is 1. The summed E-state index contributed by atoms with van der Waals surface area (Å²) in [6.07, 6.45) is 0.782.